The van der Waals surface area contributed by atoms with E-state index in [-0.39, 0.29) is 11.7 Å². The van der Waals surface area contributed by atoms with Crippen molar-refractivity contribution >= 4 is 35.0 Å². The molecule has 0 radical (unpaired) electrons. The fourth-order valence-electron chi connectivity index (χ4n) is 3.18. The molecule has 0 aliphatic rings. The van der Waals surface area contributed by atoms with Crippen LogP contribution in [0.5, 0.6) is 11.5 Å². The number of halogens is 1. The second kappa shape index (κ2) is 10.4. The number of para-hydroxylation sites is 2. The molecule has 1 heterocycles. The molecular formula is C24H21ClN4O3S. The standard InChI is InChI=1S/C24H21ClN4O3S/c1-31-19-13-7-16(8-14-19)23-27-28-24(29(23)18-11-9-17(25)10-12-18)33-15-22(30)26-20-5-3-4-6-21(20)32-2/h3-14H,15H2,1-2H3,(H,26,30). The number of amides is 1. The highest BCUT2D eigenvalue weighted by Crippen LogP contribution is 2.30. The molecule has 0 atom stereocenters. The third kappa shape index (κ3) is 5.30. The molecule has 4 rings (SSSR count). The van der Waals surface area contributed by atoms with Crippen molar-refractivity contribution < 1.29 is 14.3 Å². The van der Waals surface area contributed by atoms with Crippen molar-refractivity contribution in [3.05, 3.63) is 77.8 Å². The summed E-state index contributed by atoms with van der Waals surface area (Å²) in [5, 5.41) is 12.8. The van der Waals surface area contributed by atoms with E-state index < -0.39 is 0 Å². The second-order valence-electron chi connectivity index (χ2n) is 6.88. The van der Waals surface area contributed by atoms with Crippen LogP contribution in [0, 0.1) is 0 Å². The summed E-state index contributed by atoms with van der Waals surface area (Å²) in [5.74, 6) is 1.96. The predicted octanol–water partition coefficient (Wildman–Crippen LogP) is 5.34. The van der Waals surface area contributed by atoms with Crippen LogP contribution in [0.15, 0.2) is 78.0 Å². The first-order valence-electron chi connectivity index (χ1n) is 10.0. The molecule has 0 spiro atoms. The quantitative estimate of drug-likeness (QED) is 0.343. The smallest absolute Gasteiger partial charge is 0.234 e. The minimum atomic E-state index is -0.179. The molecule has 1 amide bonds. The zero-order valence-electron chi connectivity index (χ0n) is 18.0. The van der Waals surface area contributed by atoms with E-state index in [1.807, 2.05) is 53.1 Å². The Bertz CT molecular complexity index is 1240. The largest absolute Gasteiger partial charge is 0.497 e. The van der Waals surface area contributed by atoms with Gasteiger partial charge in [-0.1, -0.05) is 35.5 Å². The van der Waals surface area contributed by atoms with E-state index in [4.69, 9.17) is 21.1 Å². The number of benzene rings is 3. The number of aromatic nitrogens is 3. The van der Waals surface area contributed by atoms with Crippen LogP contribution < -0.4 is 14.8 Å². The summed E-state index contributed by atoms with van der Waals surface area (Å²) in [5.41, 5.74) is 2.31. The van der Waals surface area contributed by atoms with Gasteiger partial charge < -0.3 is 14.8 Å². The van der Waals surface area contributed by atoms with E-state index in [1.165, 1.54) is 11.8 Å². The molecule has 1 aromatic heterocycles. The van der Waals surface area contributed by atoms with E-state index in [9.17, 15) is 4.79 Å². The van der Waals surface area contributed by atoms with Crippen molar-refractivity contribution in [2.45, 2.75) is 5.16 Å². The zero-order chi connectivity index (χ0) is 23.2. The molecule has 0 aliphatic heterocycles. The summed E-state index contributed by atoms with van der Waals surface area (Å²) in [6.07, 6.45) is 0. The topological polar surface area (TPSA) is 78.3 Å². The third-order valence-corrected chi connectivity index (χ3v) is 5.96. The molecule has 7 nitrogen and oxygen atoms in total. The van der Waals surface area contributed by atoms with Gasteiger partial charge in [-0.15, -0.1) is 10.2 Å². The van der Waals surface area contributed by atoms with Crippen LogP contribution in [0.1, 0.15) is 0 Å². The average molecular weight is 481 g/mol. The lowest BCUT2D eigenvalue weighted by atomic mass is 10.2. The van der Waals surface area contributed by atoms with Gasteiger partial charge in [0.25, 0.3) is 0 Å². The number of hydrogen-bond donors (Lipinski definition) is 1. The van der Waals surface area contributed by atoms with E-state index in [0.29, 0.717) is 27.4 Å². The monoisotopic (exact) mass is 480 g/mol. The summed E-state index contributed by atoms with van der Waals surface area (Å²) in [4.78, 5) is 12.6. The number of carbonyl (C=O) groups excluding carboxylic acids is 1. The van der Waals surface area contributed by atoms with Crippen molar-refractivity contribution in [2.24, 2.45) is 0 Å². The summed E-state index contributed by atoms with van der Waals surface area (Å²) < 4.78 is 12.5. The number of nitrogens with zero attached hydrogens (tertiary/aromatic N) is 3. The highest BCUT2D eigenvalue weighted by atomic mass is 35.5. The molecule has 1 N–H and O–H groups in total. The van der Waals surface area contributed by atoms with Crippen molar-refractivity contribution in [3.63, 3.8) is 0 Å². The fraction of sp³-hybridized carbons (Fsp3) is 0.125. The average Bonchev–Trinajstić information content (AvgIpc) is 3.27. The van der Waals surface area contributed by atoms with Crippen LogP contribution in [-0.2, 0) is 4.79 Å². The number of hydrogen-bond acceptors (Lipinski definition) is 6. The second-order valence-corrected chi connectivity index (χ2v) is 8.26. The first-order valence-corrected chi connectivity index (χ1v) is 11.4. The number of rotatable bonds is 8. The Labute approximate surface area is 200 Å². The predicted molar refractivity (Wildman–Crippen MR) is 131 cm³/mol. The van der Waals surface area contributed by atoms with E-state index in [1.54, 1.807) is 38.5 Å². The number of ether oxygens (including phenoxy) is 2. The van der Waals surface area contributed by atoms with Crippen LogP contribution >= 0.6 is 23.4 Å². The summed E-state index contributed by atoms with van der Waals surface area (Å²) in [6.45, 7) is 0. The molecular weight excluding hydrogens is 460 g/mol. The Morgan fingerprint density at radius 1 is 0.970 bits per heavy atom. The van der Waals surface area contributed by atoms with Gasteiger partial charge in [-0.05, 0) is 60.7 Å². The molecule has 33 heavy (non-hydrogen) atoms. The highest BCUT2D eigenvalue weighted by molar-refractivity contribution is 7.99. The maximum atomic E-state index is 12.6. The van der Waals surface area contributed by atoms with Gasteiger partial charge in [-0.2, -0.15) is 0 Å². The first-order chi connectivity index (χ1) is 16.1. The minimum absolute atomic E-state index is 0.145. The van der Waals surface area contributed by atoms with E-state index in [2.05, 4.69) is 15.5 Å². The number of nitrogens with one attached hydrogen (secondary N) is 1. The van der Waals surface area contributed by atoms with Crippen molar-refractivity contribution in [2.75, 3.05) is 25.3 Å². The molecule has 0 saturated carbocycles. The Morgan fingerprint density at radius 3 is 2.39 bits per heavy atom. The molecule has 9 heteroatoms. The summed E-state index contributed by atoms with van der Waals surface area (Å²) >= 11 is 7.37. The first kappa shape index (κ1) is 22.7. The lowest BCUT2D eigenvalue weighted by Crippen LogP contribution is -2.15. The molecule has 3 aromatic carbocycles. The van der Waals surface area contributed by atoms with Crippen LogP contribution in [0.3, 0.4) is 0 Å². The lowest BCUT2D eigenvalue weighted by Gasteiger charge is -2.12. The molecule has 0 unspecified atom stereocenters. The third-order valence-electron chi connectivity index (χ3n) is 4.78. The Hall–Kier alpha value is -3.49. The maximum absolute atomic E-state index is 12.6. The highest BCUT2D eigenvalue weighted by Gasteiger charge is 2.18. The Balaban J connectivity index is 1.60. The summed E-state index contributed by atoms with van der Waals surface area (Å²) in [6, 6.07) is 22.2. The maximum Gasteiger partial charge on any atom is 0.234 e. The molecule has 4 aromatic rings. The zero-order valence-corrected chi connectivity index (χ0v) is 19.6. The molecule has 0 bridgehead atoms. The number of thioether (sulfide) groups is 1. The van der Waals surface area contributed by atoms with E-state index >= 15 is 0 Å². The van der Waals surface area contributed by atoms with Crippen LogP contribution in [0.2, 0.25) is 5.02 Å². The van der Waals surface area contributed by atoms with Crippen molar-refractivity contribution in [3.8, 4) is 28.6 Å². The Kier molecular flexibility index (Phi) is 7.16. The van der Waals surface area contributed by atoms with Gasteiger partial charge in [-0.3, -0.25) is 9.36 Å². The Morgan fingerprint density at radius 2 is 1.70 bits per heavy atom. The van der Waals surface area contributed by atoms with Crippen LogP contribution in [-0.4, -0.2) is 40.6 Å². The normalized spacial score (nSPS) is 10.6. The van der Waals surface area contributed by atoms with Crippen molar-refractivity contribution in [1.29, 1.82) is 0 Å². The van der Waals surface area contributed by atoms with Gasteiger partial charge >= 0.3 is 0 Å². The lowest BCUT2D eigenvalue weighted by molar-refractivity contribution is -0.113. The van der Waals surface area contributed by atoms with Gasteiger partial charge in [0.1, 0.15) is 11.5 Å². The number of anilines is 1. The molecule has 0 aliphatic carbocycles. The fourth-order valence-corrected chi connectivity index (χ4v) is 4.06. The van der Waals surface area contributed by atoms with Crippen LogP contribution in [0.25, 0.3) is 17.1 Å². The van der Waals surface area contributed by atoms with Crippen LogP contribution in [0.4, 0.5) is 5.69 Å². The van der Waals surface area contributed by atoms with Gasteiger partial charge in [0.2, 0.25) is 5.91 Å². The molecule has 0 saturated heterocycles. The number of carbonyl (C=O) groups is 1. The summed E-state index contributed by atoms with van der Waals surface area (Å²) in [7, 11) is 3.19. The van der Waals surface area contributed by atoms with Crippen molar-refractivity contribution in [1.82, 2.24) is 14.8 Å². The molecule has 168 valence electrons. The van der Waals surface area contributed by atoms with Gasteiger partial charge in [0.05, 0.1) is 25.7 Å². The minimum Gasteiger partial charge on any atom is -0.497 e. The van der Waals surface area contributed by atoms with Gasteiger partial charge in [0, 0.05) is 16.3 Å². The van der Waals surface area contributed by atoms with Gasteiger partial charge in [0.15, 0.2) is 11.0 Å². The van der Waals surface area contributed by atoms with Gasteiger partial charge in [-0.25, -0.2) is 0 Å². The molecule has 0 fully saturated rings. The SMILES string of the molecule is COc1ccc(-c2nnc(SCC(=O)Nc3ccccc3OC)n2-c2ccc(Cl)cc2)cc1. The number of methoxy groups -OCH3 is 2. The van der Waals surface area contributed by atoms with E-state index in [0.717, 1.165) is 17.0 Å².